The second kappa shape index (κ2) is 11.1. The fourth-order valence-corrected chi connectivity index (χ4v) is 4.48. The zero-order valence-electron chi connectivity index (χ0n) is 18.8. The molecule has 0 saturated heterocycles. The van der Waals surface area contributed by atoms with E-state index in [-0.39, 0.29) is 16.3 Å². The number of non-ortho nitro benzene ring substituents is 1. The van der Waals surface area contributed by atoms with Crippen molar-refractivity contribution in [2.24, 2.45) is 5.10 Å². The molecule has 1 N–H and O–H groups in total. The summed E-state index contributed by atoms with van der Waals surface area (Å²) in [6.45, 7) is -0.619. The number of ether oxygens (including phenoxy) is 2. The van der Waals surface area contributed by atoms with Gasteiger partial charge in [-0.2, -0.15) is 5.10 Å². The lowest BCUT2D eigenvalue weighted by atomic mass is 10.2. The highest BCUT2D eigenvalue weighted by Crippen LogP contribution is 2.26. The number of hydrogen-bond donors (Lipinski definition) is 1. The van der Waals surface area contributed by atoms with Gasteiger partial charge in [-0.3, -0.25) is 19.2 Å². The summed E-state index contributed by atoms with van der Waals surface area (Å²) in [5.41, 5.74) is 2.71. The number of nitrogens with one attached hydrogen (secondary N) is 1. The first kappa shape index (κ1) is 25.2. The van der Waals surface area contributed by atoms with Gasteiger partial charge in [-0.05, 0) is 36.4 Å². The number of amides is 1. The Balaban J connectivity index is 1.84. The highest BCUT2D eigenvalue weighted by Gasteiger charge is 2.27. The van der Waals surface area contributed by atoms with E-state index < -0.39 is 27.4 Å². The molecule has 35 heavy (non-hydrogen) atoms. The number of nitro benzene ring substituents is 1. The zero-order chi connectivity index (χ0) is 25.4. The first-order valence-electron chi connectivity index (χ1n) is 10.1. The van der Waals surface area contributed by atoms with Gasteiger partial charge in [0, 0.05) is 23.8 Å². The zero-order valence-corrected chi connectivity index (χ0v) is 19.6. The van der Waals surface area contributed by atoms with Gasteiger partial charge >= 0.3 is 0 Å². The molecule has 0 heterocycles. The predicted octanol–water partition coefficient (Wildman–Crippen LogP) is 2.96. The van der Waals surface area contributed by atoms with E-state index in [2.05, 4.69) is 10.5 Å². The summed E-state index contributed by atoms with van der Waals surface area (Å²) in [5.74, 6) is 0.306. The number of carbonyl (C=O) groups is 1. The molecule has 12 heteroatoms. The van der Waals surface area contributed by atoms with Gasteiger partial charge in [-0.25, -0.2) is 13.8 Å². The number of benzene rings is 3. The molecule has 0 unspecified atom stereocenters. The van der Waals surface area contributed by atoms with Gasteiger partial charge in [0.1, 0.15) is 18.0 Å². The van der Waals surface area contributed by atoms with Crippen LogP contribution in [-0.2, 0) is 14.8 Å². The van der Waals surface area contributed by atoms with Crippen LogP contribution in [0, 0.1) is 10.1 Å². The van der Waals surface area contributed by atoms with Crippen molar-refractivity contribution in [3.63, 3.8) is 0 Å². The molecule has 0 aliphatic heterocycles. The molecule has 11 nitrogen and oxygen atoms in total. The van der Waals surface area contributed by atoms with Crippen molar-refractivity contribution >= 4 is 33.5 Å². The Labute approximate surface area is 201 Å². The molecule has 0 spiro atoms. The number of hydrogen-bond acceptors (Lipinski definition) is 8. The maximum Gasteiger partial charge on any atom is 0.269 e. The summed E-state index contributed by atoms with van der Waals surface area (Å²) in [6, 6.07) is 17.4. The van der Waals surface area contributed by atoms with E-state index in [1.165, 1.54) is 44.7 Å². The molecule has 0 aliphatic carbocycles. The summed E-state index contributed by atoms with van der Waals surface area (Å²) in [4.78, 5) is 23.0. The van der Waals surface area contributed by atoms with Gasteiger partial charge in [0.15, 0.2) is 0 Å². The van der Waals surface area contributed by atoms with Gasteiger partial charge in [0.05, 0.1) is 35.9 Å². The van der Waals surface area contributed by atoms with Crippen LogP contribution < -0.4 is 19.2 Å². The third-order valence-electron chi connectivity index (χ3n) is 4.80. The van der Waals surface area contributed by atoms with Gasteiger partial charge in [0.25, 0.3) is 21.6 Å². The number of rotatable bonds is 10. The Bertz CT molecular complexity index is 1330. The summed E-state index contributed by atoms with van der Waals surface area (Å²) in [7, 11) is -1.17. The summed E-state index contributed by atoms with van der Waals surface area (Å²) in [6.07, 6.45) is 1.35. The average molecular weight is 499 g/mol. The van der Waals surface area contributed by atoms with Crippen molar-refractivity contribution in [1.82, 2.24) is 5.43 Å². The van der Waals surface area contributed by atoms with Crippen molar-refractivity contribution in [1.29, 1.82) is 0 Å². The second-order valence-electron chi connectivity index (χ2n) is 7.00. The van der Waals surface area contributed by atoms with Crippen LogP contribution in [0.25, 0.3) is 0 Å². The van der Waals surface area contributed by atoms with Crippen molar-refractivity contribution in [2.75, 3.05) is 25.1 Å². The Kier molecular flexibility index (Phi) is 8.00. The van der Waals surface area contributed by atoms with Crippen molar-refractivity contribution in [2.45, 2.75) is 4.90 Å². The fourth-order valence-electron chi connectivity index (χ4n) is 3.04. The molecule has 0 aliphatic rings. The molecule has 0 fully saturated rings. The molecule has 3 aromatic carbocycles. The van der Waals surface area contributed by atoms with Gasteiger partial charge < -0.3 is 9.47 Å². The largest absolute Gasteiger partial charge is 0.497 e. The Morgan fingerprint density at radius 2 is 1.74 bits per heavy atom. The number of hydrazone groups is 1. The van der Waals surface area contributed by atoms with Crippen LogP contribution in [0.4, 0.5) is 11.4 Å². The normalized spacial score (nSPS) is 11.1. The number of nitro groups is 1. The van der Waals surface area contributed by atoms with Crippen LogP contribution in [0.1, 0.15) is 5.56 Å². The predicted molar refractivity (Wildman–Crippen MR) is 129 cm³/mol. The Hall–Kier alpha value is -4.45. The van der Waals surface area contributed by atoms with E-state index >= 15 is 0 Å². The Morgan fingerprint density at radius 1 is 1.06 bits per heavy atom. The van der Waals surface area contributed by atoms with Crippen LogP contribution in [0.5, 0.6) is 11.5 Å². The van der Waals surface area contributed by atoms with E-state index in [0.29, 0.717) is 17.1 Å². The fraction of sp³-hybridized carbons (Fsp3) is 0.130. The highest BCUT2D eigenvalue weighted by atomic mass is 32.2. The quantitative estimate of drug-likeness (QED) is 0.257. The molecule has 1 amide bonds. The van der Waals surface area contributed by atoms with E-state index in [9.17, 15) is 23.3 Å². The molecule has 0 radical (unpaired) electrons. The SMILES string of the molecule is COc1ccc(/C=N\NC(=O)CN(c2ccc([N+](=O)[O-])cc2)S(=O)(=O)c2ccccc2)c(OC)c1. The van der Waals surface area contributed by atoms with E-state index in [4.69, 9.17) is 9.47 Å². The second-order valence-corrected chi connectivity index (χ2v) is 8.86. The molecule has 0 aromatic heterocycles. The molecule has 182 valence electrons. The number of sulfonamides is 1. The molecule has 0 saturated carbocycles. The number of carbonyl (C=O) groups excluding carboxylic acids is 1. The van der Waals surface area contributed by atoms with E-state index in [0.717, 1.165) is 16.4 Å². The lowest BCUT2D eigenvalue weighted by molar-refractivity contribution is -0.384. The molecule has 3 rings (SSSR count). The topological polar surface area (TPSA) is 140 Å². The summed E-state index contributed by atoms with van der Waals surface area (Å²) in [5, 5.41) is 14.9. The van der Waals surface area contributed by atoms with Crippen LogP contribution >= 0.6 is 0 Å². The monoisotopic (exact) mass is 498 g/mol. The smallest absolute Gasteiger partial charge is 0.269 e. The van der Waals surface area contributed by atoms with Crippen LogP contribution in [-0.4, -0.2) is 46.2 Å². The molecular formula is C23H22N4O7S. The van der Waals surface area contributed by atoms with Crippen molar-refractivity contribution in [3.05, 3.63) is 88.5 Å². The number of methoxy groups -OCH3 is 2. The standard InChI is InChI=1S/C23H22N4O7S/c1-33-20-13-8-17(22(14-20)34-2)15-24-25-23(28)16-26(18-9-11-19(12-10-18)27(29)30)35(31,32)21-6-4-3-5-7-21/h3-15H,16H2,1-2H3,(H,25,28)/b24-15-. The minimum atomic E-state index is -4.16. The third-order valence-corrected chi connectivity index (χ3v) is 6.59. The van der Waals surface area contributed by atoms with Crippen molar-refractivity contribution in [3.8, 4) is 11.5 Å². The van der Waals surface area contributed by atoms with Crippen LogP contribution in [0.3, 0.4) is 0 Å². The third kappa shape index (κ3) is 6.12. The van der Waals surface area contributed by atoms with Gasteiger partial charge in [-0.15, -0.1) is 0 Å². The maximum atomic E-state index is 13.3. The lowest BCUT2D eigenvalue weighted by Gasteiger charge is -2.23. The molecule has 0 atom stereocenters. The number of nitrogens with zero attached hydrogens (tertiary/aromatic N) is 3. The highest BCUT2D eigenvalue weighted by molar-refractivity contribution is 7.92. The Morgan fingerprint density at radius 3 is 2.34 bits per heavy atom. The minimum absolute atomic E-state index is 0.0439. The lowest BCUT2D eigenvalue weighted by Crippen LogP contribution is -2.39. The van der Waals surface area contributed by atoms with Crippen LogP contribution in [0.2, 0.25) is 0 Å². The average Bonchev–Trinajstić information content (AvgIpc) is 2.87. The number of anilines is 1. The van der Waals surface area contributed by atoms with Crippen LogP contribution in [0.15, 0.2) is 82.8 Å². The van der Waals surface area contributed by atoms with E-state index in [1.807, 2.05) is 0 Å². The molecule has 0 bridgehead atoms. The summed E-state index contributed by atoms with van der Waals surface area (Å²) < 4.78 is 37.8. The minimum Gasteiger partial charge on any atom is -0.497 e. The summed E-state index contributed by atoms with van der Waals surface area (Å²) >= 11 is 0. The molecular weight excluding hydrogens is 476 g/mol. The van der Waals surface area contributed by atoms with E-state index in [1.54, 1.807) is 36.4 Å². The maximum absolute atomic E-state index is 13.3. The first-order chi connectivity index (χ1) is 16.8. The first-order valence-corrected chi connectivity index (χ1v) is 11.6. The van der Waals surface area contributed by atoms with Crippen molar-refractivity contribution < 1.29 is 27.6 Å². The molecule has 3 aromatic rings. The van der Waals surface area contributed by atoms with Gasteiger partial charge in [-0.1, -0.05) is 18.2 Å². The van der Waals surface area contributed by atoms with Gasteiger partial charge in [0.2, 0.25) is 0 Å².